The molecule has 0 radical (unpaired) electrons. The molecule has 0 saturated carbocycles. The molecule has 9 heteroatoms. The van der Waals surface area contributed by atoms with Gasteiger partial charge in [0, 0.05) is 12.1 Å². The predicted octanol–water partition coefficient (Wildman–Crippen LogP) is 0.674. The standard InChI is InChI=1S/C16H23N3O4S.ClH/c1-11-6-14(4-5-17-11)19-16(20)8-18-24(21,22)15-3-2-12-9-23-10-13(12)7-15;/h2-3,7,11,14,17-18H,4-6,8-10H2,1H3,(H,19,20);1H. The van der Waals surface area contributed by atoms with Crippen LogP contribution in [0.5, 0.6) is 0 Å². The highest BCUT2D eigenvalue weighted by Crippen LogP contribution is 2.22. The summed E-state index contributed by atoms with van der Waals surface area (Å²) in [6.07, 6.45) is 1.71. The smallest absolute Gasteiger partial charge is 0.241 e. The Hall–Kier alpha value is -1.19. The lowest BCUT2D eigenvalue weighted by molar-refractivity contribution is -0.120. The molecule has 0 spiro atoms. The van der Waals surface area contributed by atoms with Gasteiger partial charge in [0.25, 0.3) is 0 Å². The summed E-state index contributed by atoms with van der Waals surface area (Å²) in [6.45, 7) is 3.61. The minimum Gasteiger partial charge on any atom is -0.372 e. The Bertz CT molecular complexity index is 726. The number of rotatable bonds is 5. The highest BCUT2D eigenvalue weighted by Gasteiger charge is 2.22. The number of sulfonamides is 1. The molecule has 1 aromatic rings. The van der Waals surface area contributed by atoms with E-state index in [1.54, 1.807) is 18.2 Å². The zero-order chi connectivity index (χ0) is 17.2. The second-order valence-electron chi connectivity index (χ2n) is 6.39. The molecule has 0 aliphatic carbocycles. The van der Waals surface area contributed by atoms with Crippen molar-refractivity contribution in [2.75, 3.05) is 13.1 Å². The van der Waals surface area contributed by atoms with Crippen LogP contribution >= 0.6 is 12.4 Å². The van der Waals surface area contributed by atoms with Crippen LogP contribution in [0, 0.1) is 0 Å². The quantitative estimate of drug-likeness (QED) is 0.688. The van der Waals surface area contributed by atoms with Gasteiger partial charge in [0.2, 0.25) is 15.9 Å². The average molecular weight is 390 g/mol. The molecule has 3 rings (SSSR count). The summed E-state index contributed by atoms with van der Waals surface area (Å²) in [5.41, 5.74) is 1.89. The predicted molar refractivity (Wildman–Crippen MR) is 96.0 cm³/mol. The summed E-state index contributed by atoms with van der Waals surface area (Å²) in [4.78, 5) is 12.2. The van der Waals surface area contributed by atoms with Crippen molar-refractivity contribution >= 4 is 28.3 Å². The van der Waals surface area contributed by atoms with Gasteiger partial charge in [-0.3, -0.25) is 4.79 Å². The number of carbonyl (C=O) groups excluding carboxylic acids is 1. The molecule has 1 fully saturated rings. The van der Waals surface area contributed by atoms with E-state index in [0.717, 1.165) is 30.5 Å². The van der Waals surface area contributed by atoms with Gasteiger partial charge in [0.15, 0.2) is 0 Å². The minimum atomic E-state index is -3.71. The molecule has 7 nitrogen and oxygen atoms in total. The summed E-state index contributed by atoms with van der Waals surface area (Å²) in [7, 11) is -3.71. The Morgan fingerprint density at radius 2 is 2.08 bits per heavy atom. The highest BCUT2D eigenvalue weighted by molar-refractivity contribution is 7.89. The molecule has 0 aromatic heterocycles. The number of halogens is 1. The third-order valence-electron chi connectivity index (χ3n) is 4.41. The van der Waals surface area contributed by atoms with Gasteiger partial charge in [-0.15, -0.1) is 12.4 Å². The van der Waals surface area contributed by atoms with Gasteiger partial charge in [-0.1, -0.05) is 6.07 Å². The monoisotopic (exact) mass is 389 g/mol. The lowest BCUT2D eigenvalue weighted by atomic mass is 10.0. The molecule has 140 valence electrons. The van der Waals surface area contributed by atoms with E-state index >= 15 is 0 Å². The average Bonchev–Trinajstić information content (AvgIpc) is 3.01. The van der Waals surface area contributed by atoms with Crippen molar-refractivity contribution in [1.82, 2.24) is 15.4 Å². The molecule has 2 aliphatic heterocycles. The number of piperidine rings is 1. The second kappa shape index (κ2) is 8.46. The largest absolute Gasteiger partial charge is 0.372 e. The Balaban J connectivity index is 0.00000225. The van der Waals surface area contributed by atoms with Crippen molar-refractivity contribution in [2.45, 2.75) is 50.0 Å². The maximum Gasteiger partial charge on any atom is 0.241 e. The molecular weight excluding hydrogens is 366 g/mol. The maximum absolute atomic E-state index is 12.3. The SMILES string of the molecule is CC1CC(NC(=O)CNS(=O)(=O)c2ccc3c(c2)COC3)CCN1.Cl. The number of hydrogen-bond donors (Lipinski definition) is 3. The fourth-order valence-corrected chi connectivity index (χ4v) is 4.13. The van der Waals surface area contributed by atoms with Crippen LogP contribution in [0.25, 0.3) is 0 Å². The van der Waals surface area contributed by atoms with Gasteiger partial charge < -0.3 is 15.4 Å². The zero-order valence-corrected chi connectivity index (χ0v) is 15.7. The van der Waals surface area contributed by atoms with Crippen molar-refractivity contribution < 1.29 is 17.9 Å². The molecule has 2 heterocycles. The lowest BCUT2D eigenvalue weighted by Crippen LogP contribution is -2.48. The van der Waals surface area contributed by atoms with Crippen molar-refractivity contribution in [3.05, 3.63) is 29.3 Å². The molecule has 1 aromatic carbocycles. The summed E-state index contributed by atoms with van der Waals surface area (Å²) in [6, 6.07) is 5.36. The summed E-state index contributed by atoms with van der Waals surface area (Å²) >= 11 is 0. The van der Waals surface area contributed by atoms with Gasteiger partial charge in [-0.25, -0.2) is 13.1 Å². The fraction of sp³-hybridized carbons (Fsp3) is 0.562. The van der Waals surface area contributed by atoms with E-state index < -0.39 is 10.0 Å². The molecule has 2 unspecified atom stereocenters. The fourth-order valence-electron chi connectivity index (χ4n) is 3.10. The van der Waals surface area contributed by atoms with Crippen molar-refractivity contribution in [2.24, 2.45) is 0 Å². The van der Waals surface area contributed by atoms with E-state index in [4.69, 9.17) is 4.74 Å². The van der Waals surface area contributed by atoms with Gasteiger partial charge in [-0.2, -0.15) is 0 Å². The Morgan fingerprint density at radius 1 is 1.32 bits per heavy atom. The van der Waals surface area contributed by atoms with Crippen LogP contribution in [0.3, 0.4) is 0 Å². The van der Waals surface area contributed by atoms with E-state index in [0.29, 0.717) is 19.3 Å². The third kappa shape index (κ3) is 5.15. The summed E-state index contributed by atoms with van der Waals surface area (Å²) in [5.74, 6) is -0.304. The van der Waals surface area contributed by atoms with Crippen molar-refractivity contribution in [3.63, 3.8) is 0 Å². The lowest BCUT2D eigenvalue weighted by Gasteiger charge is -2.28. The van der Waals surface area contributed by atoms with Gasteiger partial charge in [-0.05, 0) is 49.6 Å². The van der Waals surface area contributed by atoms with E-state index in [1.807, 2.05) is 0 Å². The number of nitrogens with one attached hydrogen (secondary N) is 3. The van der Waals surface area contributed by atoms with Gasteiger partial charge >= 0.3 is 0 Å². The van der Waals surface area contributed by atoms with Crippen molar-refractivity contribution in [3.8, 4) is 0 Å². The Labute approximate surface area is 154 Å². The minimum absolute atomic E-state index is 0. The molecular formula is C16H24ClN3O4S. The van der Waals surface area contributed by atoms with Crippen molar-refractivity contribution in [1.29, 1.82) is 0 Å². The number of benzene rings is 1. The van der Waals surface area contributed by atoms with Crippen LogP contribution in [0.15, 0.2) is 23.1 Å². The Morgan fingerprint density at radius 3 is 2.84 bits per heavy atom. The molecule has 3 N–H and O–H groups in total. The first-order valence-corrected chi connectivity index (χ1v) is 9.64. The maximum atomic E-state index is 12.3. The van der Waals surface area contributed by atoms with E-state index in [9.17, 15) is 13.2 Å². The topological polar surface area (TPSA) is 96.5 Å². The number of carbonyl (C=O) groups is 1. The van der Waals surface area contributed by atoms with Crippen LogP contribution in [0.2, 0.25) is 0 Å². The molecule has 1 saturated heterocycles. The summed E-state index contributed by atoms with van der Waals surface area (Å²) in [5, 5.41) is 6.20. The van der Waals surface area contributed by atoms with Crippen LogP contribution in [-0.4, -0.2) is 39.5 Å². The van der Waals surface area contributed by atoms with Crippen LogP contribution in [-0.2, 0) is 32.8 Å². The normalized spacial score (nSPS) is 22.8. The molecule has 2 atom stereocenters. The van der Waals surface area contributed by atoms with Crippen LogP contribution in [0.4, 0.5) is 0 Å². The zero-order valence-electron chi connectivity index (χ0n) is 14.1. The number of fused-ring (bicyclic) bond motifs is 1. The molecule has 0 bridgehead atoms. The van der Waals surface area contributed by atoms with Gasteiger partial charge in [0.1, 0.15) is 0 Å². The second-order valence-corrected chi connectivity index (χ2v) is 8.16. The Kier molecular flexibility index (Phi) is 6.81. The van der Waals surface area contributed by atoms with Gasteiger partial charge in [0.05, 0.1) is 24.7 Å². The first kappa shape index (κ1) is 20.1. The van der Waals surface area contributed by atoms with E-state index in [-0.39, 0.29) is 35.8 Å². The van der Waals surface area contributed by atoms with Crippen LogP contribution in [0.1, 0.15) is 30.9 Å². The first-order valence-electron chi connectivity index (χ1n) is 8.16. The van der Waals surface area contributed by atoms with Crippen LogP contribution < -0.4 is 15.4 Å². The number of hydrogen-bond acceptors (Lipinski definition) is 5. The summed E-state index contributed by atoms with van der Waals surface area (Å²) < 4.78 is 32.3. The van der Waals surface area contributed by atoms with E-state index in [2.05, 4.69) is 22.3 Å². The molecule has 25 heavy (non-hydrogen) atoms. The number of amides is 1. The highest BCUT2D eigenvalue weighted by atomic mass is 35.5. The molecule has 1 amide bonds. The first-order chi connectivity index (χ1) is 11.4. The number of ether oxygens (including phenoxy) is 1. The van der Waals surface area contributed by atoms with E-state index in [1.165, 1.54) is 0 Å². The third-order valence-corrected chi connectivity index (χ3v) is 5.81. The molecule has 2 aliphatic rings.